The Bertz CT molecular complexity index is 759. The van der Waals surface area contributed by atoms with E-state index >= 15 is 0 Å². The topological polar surface area (TPSA) is 211 Å². The highest BCUT2D eigenvalue weighted by Gasteiger charge is 2.32. The SMILES string of the molecule is CC(O)C(NC(=O)C(Cc1ccccc1)NC(=O)C(N)CO)C(=O)NC(CO)C(=O)O. The van der Waals surface area contributed by atoms with E-state index in [1.807, 2.05) is 5.32 Å². The molecule has 0 fully saturated rings. The molecule has 0 saturated heterocycles. The molecule has 172 valence electrons. The minimum atomic E-state index is -1.63. The number of carbonyl (C=O) groups is 4. The lowest BCUT2D eigenvalue weighted by Crippen LogP contribution is -2.60. The summed E-state index contributed by atoms with van der Waals surface area (Å²) in [5, 5.41) is 43.6. The summed E-state index contributed by atoms with van der Waals surface area (Å²) < 4.78 is 0. The number of carboxylic acids is 1. The third-order valence-corrected chi connectivity index (χ3v) is 4.31. The van der Waals surface area contributed by atoms with Crippen LogP contribution in [-0.4, -0.2) is 87.6 Å². The molecule has 0 spiro atoms. The van der Waals surface area contributed by atoms with E-state index in [9.17, 15) is 24.3 Å². The number of aliphatic hydroxyl groups is 3. The molecule has 0 radical (unpaired) electrons. The highest BCUT2D eigenvalue weighted by Crippen LogP contribution is 2.05. The number of aliphatic hydroxyl groups excluding tert-OH is 3. The third-order valence-electron chi connectivity index (χ3n) is 4.31. The third kappa shape index (κ3) is 8.30. The molecule has 3 amide bonds. The van der Waals surface area contributed by atoms with E-state index in [0.717, 1.165) is 0 Å². The van der Waals surface area contributed by atoms with Gasteiger partial charge in [-0.2, -0.15) is 0 Å². The maximum Gasteiger partial charge on any atom is 0.328 e. The van der Waals surface area contributed by atoms with Crippen LogP contribution in [0.5, 0.6) is 0 Å². The lowest BCUT2D eigenvalue weighted by Gasteiger charge is -2.26. The van der Waals surface area contributed by atoms with Gasteiger partial charge in [0.1, 0.15) is 24.2 Å². The molecule has 12 heteroatoms. The van der Waals surface area contributed by atoms with Crippen LogP contribution in [0, 0.1) is 0 Å². The summed E-state index contributed by atoms with van der Waals surface area (Å²) in [4.78, 5) is 48.3. The Kier molecular flexibility index (Phi) is 10.6. The van der Waals surface area contributed by atoms with Crippen molar-refractivity contribution in [2.75, 3.05) is 13.2 Å². The van der Waals surface area contributed by atoms with Crippen LogP contribution in [0.3, 0.4) is 0 Å². The van der Waals surface area contributed by atoms with Gasteiger partial charge in [0.15, 0.2) is 0 Å². The summed E-state index contributed by atoms with van der Waals surface area (Å²) in [5.41, 5.74) is 6.15. The van der Waals surface area contributed by atoms with Gasteiger partial charge in [0, 0.05) is 6.42 Å². The first kappa shape index (κ1) is 26.0. The molecule has 0 aliphatic carbocycles. The van der Waals surface area contributed by atoms with Crippen molar-refractivity contribution in [2.45, 2.75) is 43.6 Å². The quantitative estimate of drug-likeness (QED) is 0.161. The fourth-order valence-corrected chi connectivity index (χ4v) is 2.53. The summed E-state index contributed by atoms with van der Waals surface area (Å²) in [6.45, 7) is -0.346. The average Bonchev–Trinajstić information content (AvgIpc) is 2.74. The van der Waals surface area contributed by atoms with Crippen LogP contribution in [0.1, 0.15) is 12.5 Å². The number of aliphatic carboxylic acids is 1. The number of hydrogen-bond donors (Lipinski definition) is 8. The van der Waals surface area contributed by atoms with Crippen LogP contribution >= 0.6 is 0 Å². The predicted molar refractivity (Wildman–Crippen MR) is 107 cm³/mol. The first-order chi connectivity index (χ1) is 14.6. The van der Waals surface area contributed by atoms with E-state index in [1.54, 1.807) is 30.3 Å². The summed E-state index contributed by atoms with van der Waals surface area (Å²) >= 11 is 0. The van der Waals surface area contributed by atoms with Gasteiger partial charge in [-0.3, -0.25) is 14.4 Å². The number of carboxylic acid groups (broad SMARTS) is 1. The van der Waals surface area contributed by atoms with E-state index in [0.29, 0.717) is 5.56 Å². The molecule has 0 bridgehead atoms. The molecular formula is C19H28N4O8. The van der Waals surface area contributed by atoms with Crippen LogP contribution in [0.25, 0.3) is 0 Å². The van der Waals surface area contributed by atoms with Crippen LogP contribution < -0.4 is 21.7 Å². The second-order valence-corrected chi connectivity index (χ2v) is 6.85. The molecule has 0 aliphatic rings. The maximum absolute atomic E-state index is 12.8. The van der Waals surface area contributed by atoms with Gasteiger partial charge >= 0.3 is 5.97 Å². The fourth-order valence-electron chi connectivity index (χ4n) is 2.53. The van der Waals surface area contributed by atoms with Crippen molar-refractivity contribution in [1.29, 1.82) is 0 Å². The standard InChI is InChI=1S/C19H28N4O8/c1-10(26)15(18(29)22-14(9-25)19(30)31)23-17(28)13(21-16(27)12(20)8-24)7-11-5-3-2-4-6-11/h2-6,10,12-15,24-26H,7-9,20H2,1H3,(H,21,27)(H,22,29)(H,23,28)(H,30,31). The minimum Gasteiger partial charge on any atom is -0.480 e. The van der Waals surface area contributed by atoms with Gasteiger partial charge in [-0.25, -0.2) is 4.79 Å². The number of nitrogens with one attached hydrogen (secondary N) is 3. The van der Waals surface area contributed by atoms with E-state index in [-0.39, 0.29) is 6.42 Å². The van der Waals surface area contributed by atoms with E-state index < -0.39 is 67.2 Å². The monoisotopic (exact) mass is 440 g/mol. The van der Waals surface area contributed by atoms with Crippen molar-refractivity contribution < 1.29 is 39.6 Å². The van der Waals surface area contributed by atoms with Crippen molar-refractivity contribution in [3.8, 4) is 0 Å². The smallest absolute Gasteiger partial charge is 0.328 e. The highest BCUT2D eigenvalue weighted by molar-refractivity contribution is 5.94. The van der Waals surface area contributed by atoms with Crippen LogP contribution in [0.15, 0.2) is 30.3 Å². The van der Waals surface area contributed by atoms with Crippen LogP contribution in [0.4, 0.5) is 0 Å². The molecule has 0 aliphatic heterocycles. The Balaban J connectivity index is 3.02. The van der Waals surface area contributed by atoms with Crippen LogP contribution in [-0.2, 0) is 25.6 Å². The van der Waals surface area contributed by atoms with E-state index in [4.69, 9.17) is 21.1 Å². The molecule has 12 nitrogen and oxygen atoms in total. The number of carbonyl (C=O) groups excluding carboxylic acids is 3. The normalized spacial score (nSPS) is 15.6. The largest absolute Gasteiger partial charge is 0.480 e. The zero-order valence-corrected chi connectivity index (χ0v) is 16.9. The summed E-state index contributed by atoms with van der Waals surface area (Å²) in [6.07, 6.45) is -1.41. The molecule has 1 rings (SSSR count). The molecule has 31 heavy (non-hydrogen) atoms. The number of benzene rings is 1. The summed E-state index contributed by atoms with van der Waals surface area (Å²) in [5.74, 6) is -4.19. The van der Waals surface area contributed by atoms with E-state index in [1.165, 1.54) is 6.92 Å². The number of nitrogens with two attached hydrogens (primary N) is 1. The molecular weight excluding hydrogens is 412 g/mol. The Morgan fingerprint density at radius 3 is 1.97 bits per heavy atom. The van der Waals surface area contributed by atoms with Gasteiger partial charge in [-0.05, 0) is 12.5 Å². The van der Waals surface area contributed by atoms with Crippen molar-refractivity contribution in [1.82, 2.24) is 16.0 Å². The Morgan fingerprint density at radius 2 is 1.48 bits per heavy atom. The Hall–Kier alpha value is -3.06. The van der Waals surface area contributed by atoms with Gasteiger partial charge in [0.05, 0.1) is 19.3 Å². The number of amides is 3. The lowest BCUT2D eigenvalue weighted by atomic mass is 10.0. The van der Waals surface area contributed by atoms with Gasteiger partial charge in [-0.15, -0.1) is 0 Å². The molecule has 1 aromatic rings. The van der Waals surface area contributed by atoms with Gasteiger partial charge < -0.3 is 42.1 Å². The minimum absolute atomic E-state index is 0.0130. The van der Waals surface area contributed by atoms with Gasteiger partial charge in [-0.1, -0.05) is 30.3 Å². The Morgan fingerprint density at radius 1 is 0.903 bits per heavy atom. The molecule has 1 aromatic carbocycles. The fraction of sp³-hybridized carbons (Fsp3) is 0.474. The first-order valence-electron chi connectivity index (χ1n) is 9.43. The van der Waals surface area contributed by atoms with Crippen molar-refractivity contribution in [3.05, 3.63) is 35.9 Å². The zero-order chi connectivity index (χ0) is 23.6. The van der Waals surface area contributed by atoms with Crippen LogP contribution in [0.2, 0.25) is 0 Å². The average molecular weight is 440 g/mol. The van der Waals surface area contributed by atoms with Gasteiger partial charge in [0.25, 0.3) is 0 Å². The molecule has 0 saturated carbocycles. The molecule has 5 unspecified atom stereocenters. The van der Waals surface area contributed by atoms with E-state index in [2.05, 4.69) is 10.6 Å². The lowest BCUT2D eigenvalue weighted by molar-refractivity contribution is -0.144. The number of hydrogen-bond acceptors (Lipinski definition) is 8. The molecule has 0 aromatic heterocycles. The highest BCUT2D eigenvalue weighted by atomic mass is 16.4. The molecule has 5 atom stereocenters. The van der Waals surface area contributed by atoms with Gasteiger partial charge in [0.2, 0.25) is 17.7 Å². The van der Waals surface area contributed by atoms with Crippen molar-refractivity contribution in [2.24, 2.45) is 5.73 Å². The second kappa shape index (κ2) is 12.6. The second-order valence-electron chi connectivity index (χ2n) is 6.85. The van der Waals surface area contributed by atoms with Crippen molar-refractivity contribution >= 4 is 23.7 Å². The Labute approximate surface area is 178 Å². The first-order valence-corrected chi connectivity index (χ1v) is 9.43. The molecule has 0 heterocycles. The summed E-state index contributed by atoms with van der Waals surface area (Å²) in [7, 11) is 0. The number of rotatable bonds is 12. The maximum atomic E-state index is 12.8. The van der Waals surface area contributed by atoms with Crippen molar-refractivity contribution in [3.63, 3.8) is 0 Å². The zero-order valence-electron chi connectivity index (χ0n) is 16.9. The molecule has 9 N–H and O–H groups in total. The summed E-state index contributed by atoms with van der Waals surface area (Å²) in [6, 6.07) is 2.92. The predicted octanol–water partition coefficient (Wildman–Crippen LogP) is -3.54.